The van der Waals surface area contributed by atoms with Crippen LogP contribution in [0.3, 0.4) is 0 Å². The summed E-state index contributed by atoms with van der Waals surface area (Å²) < 4.78 is 10.9. The normalized spacial score (nSPS) is 17.3. The van der Waals surface area contributed by atoms with E-state index in [2.05, 4.69) is 4.98 Å². The van der Waals surface area contributed by atoms with E-state index >= 15 is 0 Å². The SMILES string of the molecule is COc1ccc(CN2C(=O)C(=O)/C(=C(\O)c3ccc(OC(C)C)cc3)C2c2ccncc2)cc1. The van der Waals surface area contributed by atoms with Gasteiger partial charge in [-0.15, -0.1) is 0 Å². The first-order valence-electron chi connectivity index (χ1n) is 11.0. The molecule has 4 rings (SSSR count). The zero-order chi connectivity index (χ0) is 24.2. The standard InChI is InChI=1S/C27H26N2O5/c1-17(2)34-22-10-6-20(7-11-22)25(30)23-24(19-12-14-28-15-13-19)29(27(32)26(23)31)16-18-4-8-21(33-3)9-5-18/h4-15,17,24,30H,16H2,1-3H3/b25-23-. The van der Waals surface area contributed by atoms with Gasteiger partial charge in [0.15, 0.2) is 0 Å². The molecule has 0 aliphatic carbocycles. The number of benzene rings is 2. The lowest BCUT2D eigenvalue weighted by atomic mass is 9.96. The van der Waals surface area contributed by atoms with Crippen LogP contribution in [0.5, 0.6) is 11.5 Å². The molecule has 1 saturated heterocycles. The van der Waals surface area contributed by atoms with Crippen LogP contribution < -0.4 is 9.47 Å². The van der Waals surface area contributed by atoms with Gasteiger partial charge in [0.2, 0.25) is 0 Å². The van der Waals surface area contributed by atoms with Gasteiger partial charge < -0.3 is 19.5 Å². The molecule has 1 atom stereocenters. The number of methoxy groups -OCH3 is 1. The number of hydrogen-bond donors (Lipinski definition) is 1. The van der Waals surface area contributed by atoms with Crippen molar-refractivity contribution in [1.82, 2.24) is 9.88 Å². The van der Waals surface area contributed by atoms with Gasteiger partial charge in [-0.2, -0.15) is 0 Å². The largest absolute Gasteiger partial charge is 0.507 e. The van der Waals surface area contributed by atoms with E-state index in [1.165, 1.54) is 4.90 Å². The first-order valence-corrected chi connectivity index (χ1v) is 11.0. The molecule has 1 N–H and O–H groups in total. The molecule has 2 heterocycles. The molecule has 0 spiro atoms. The predicted octanol–water partition coefficient (Wildman–Crippen LogP) is 4.50. The maximum Gasteiger partial charge on any atom is 0.295 e. The molecule has 1 amide bonds. The number of nitrogens with zero attached hydrogens (tertiary/aromatic N) is 2. The Bertz CT molecular complexity index is 1200. The third kappa shape index (κ3) is 4.64. The molecule has 0 bridgehead atoms. The lowest BCUT2D eigenvalue weighted by Crippen LogP contribution is -2.29. The average Bonchev–Trinajstić information content (AvgIpc) is 3.09. The van der Waals surface area contributed by atoms with Gasteiger partial charge in [-0.05, 0) is 73.5 Å². The van der Waals surface area contributed by atoms with Crippen molar-refractivity contribution in [2.24, 2.45) is 0 Å². The number of likely N-dealkylation sites (tertiary alicyclic amines) is 1. The molecule has 1 unspecified atom stereocenters. The molecule has 174 valence electrons. The van der Waals surface area contributed by atoms with E-state index in [1.807, 2.05) is 26.0 Å². The Balaban J connectivity index is 1.75. The fourth-order valence-electron chi connectivity index (χ4n) is 3.98. The zero-order valence-electron chi connectivity index (χ0n) is 19.3. The fraction of sp³-hybridized carbons (Fsp3) is 0.222. The molecule has 1 fully saturated rings. The number of Topliss-reactive ketones (excluding diaryl/α,β-unsaturated/α-hetero) is 1. The molecule has 1 aliphatic heterocycles. The number of pyridine rings is 1. The number of ketones is 1. The van der Waals surface area contributed by atoms with E-state index < -0.39 is 17.7 Å². The van der Waals surface area contributed by atoms with Gasteiger partial charge in [0.05, 0.1) is 24.8 Å². The number of aromatic nitrogens is 1. The van der Waals surface area contributed by atoms with Gasteiger partial charge >= 0.3 is 0 Å². The van der Waals surface area contributed by atoms with Crippen LogP contribution in [0.2, 0.25) is 0 Å². The van der Waals surface area contributed by atoms with E-state index in [9.17, 15) is 14.7 Å². The summed E-state index contributed by atoms with van der Waals surface area (Å²) in [5.41, 5.74) is 1.99. The third-order valence-electron chi connectivity index (χ3n) is 5.57. The second-order valence-electron chi connectivity index (χ2n) is 8.25. The number of rotatable bonds is 7. The minimum atomic E-state index is -0.753. The number of aliphatic hydroxyl groups excluding tert-OH is 1. The van der Waals surface area contributed by atoms with Crippen LogP contribution in [-0.4, -0.2) is 39.9 Å². The number of aliphatic hydroxyl groups is 1. The summed E-state index contributed by atoms with van der Waals surface area (Å²) in [7, 11) is 1.58. The monoisotopic (exact) mass is 458 g/mol. The van der Waals surface area contributed by atoms with Gasteiger partial charge in [0, 0.05) is 24.5 Å². The molecule has 7 nitrogen and oxygen atoms in total. The van der Waals surface area contributed by atoms with E-state index in [-0.39, 0.29) is 24.0 Å². The number of hydrogen-bond acceptors (Lipinski definition) is 6. The van der Waals surface area contributed by atoms with Crippen molar-refractivity contribution in [3.63, 3.8) is 0 Å². The lowest BCUT2D eigenvalue weighted by Gasteiger charge is -2.25. The Morgan fingerprint density at radius 2 is 1.59 bits per heavy atom. The van der Waals surface area contributed by atoms with Crippen molar-refractivity contribution in [2.45, 2.75) is 32.5 Å². The first-order chi connectivity index (χ1) is 16.4. The van der Waals surface area contributed by atoms with Crippen LogP contribution in [0.25, 0.3) is 5.76 Å². The minimum absolute atomic E-state index is 0.00872. The van der Waals surface area contributed by atoms with Crippen LogP contribution >= 0.6 is 0 Å². The lowest BCUT2D eigenvalue weighted by molar-refractivity contribution is -0.140. The van der Waals surface area contributed by atoms with Crippen molar-refractivity contribution in [2.75, 3.05) is 7.11 Å². The van der Waals surface area contributed by atoms with E-state index in [0.717, 1.165) is 5.56 Å². The summed E-state index contributed by atoms with van der Waals surface area (Å²) in [6.45, 7) is 4.04. The summed E-state index contributed by atoms with van der Waals surface area (Å²) in [5, 5.41) is 11.2. The van der Waals surface area contributed by atoms with E-state index in [4.69, 9.17) is 9.47 Å². The van der Waals surface area contributed by atoms with Crippen molar-refractivity contribution < 1.29 is 24.2 Å². The Morgan fingerprint density at radius 1 is 0.971 bits per heavy atom. The zero-order valence-corrected chi connectivity index (χ0v) is 19.3. The highest BCUT2D eigenvalue weighted by molar-refractivity contribution is 6.46. The molecule has 34 heavy (non-hydrogen) atoms. The van der Waals surface area contributed by atoms with Crippen LogP contribution in [0.4, 0.5) is 0 Å². The molecule has 1 aromatic heterocycles. The van der Waals surface area contributed by atoms with Crippen LogP contribution in [0, 0.1) is 0 Å². The Hall–Kier alpha value is -4.13. The smallest absolute Gasteiger partial charge is 0.295 e. The van der Waals surface area contributed by atoms with Crippen molar-refractivity contribution in [3.8, 4) is 11.5 Å². The topological polar surface area (TPSA) is 89.0 Å². The van der Waals surface area contributed by atoms with E-state index in [1.54, 1.807) is 68.0 Å². The molecule has 0 radical (unpaired) electrons. The van der Waals surface area contributed by atoms with Gasteiger partial charge in [-0.25, -0.2) is 0 Å². The average molecular weight is 459 g/mol. The maximum absolute atomic E-state index is 13.1. The molecule has 7 heteroatoms. The highest BCUT2D eigenvalue weighted by Crippen LogP contribution is 2.40. The van der Waals surface area contributed by atoms with Crippen molar-refractivity contribution in [3.05, 3.63) is 95.3 Å². The Labute approximate surface area is 198 Å². The van der Waals surface area contributed by atoms with Gasteiger partial charge in [-0.3, -0.25) is 14.6 Å². The number of ether oxygens (including phenoxy) is 2. The summed E-state index contributed by atoms with van der Waals surface area (Å²) in [6.07, 6.45) is 3.20. The Morgan fingerprint density at radius 3 is 2.18 bits per heavy atom. The van der Waals surface area contributed by atoms with Crippen molar-refractivity contribution >= 4 is 17.4 Å². The van der Waals surface area contributed by atoms with E-state index in [0.29, 0.717) is 22.6 Å². The highest BCUT2D eigenvalue weighted by atomic mass is 16.5. The second kappa shape index (κ2) is 9.79. The molecule has 1 aliphatic rings. The first kappa shape index (κ1) is 23.0. The summed E-state index contributed by atoms with van der Waals surface area (Å²) in [4.78, 5) is 31.8. The summed E-state index contributed by atoms with van der Waals surface area (Å²) in [6, 6.07) is 16.8. The number of carbonyl (C=O) groups is 2. The predicted molar refractivity (Wildman–Crippen MR) is 127 cm³/mol. The van der Waals surface area contributed by atoms with Gasteiger partial charge in [0.1, 0.15) is 17.3 Å². The van der Waals surface area contributed by atoms with Gasteiger partial charge in [0.25, 0.3) is 11.7 Å². The fourth-order valence-corrected chi connectivity index (χ4v) is 3.98. The summed E-state index contributed by atoms with van der Waals surface area (Å²) in [5.74, 6) is -0.277. The second-order valence-corrected chi connectivity index (χ2v) is 8.25. The van der Waals surface area contributed by atoms with Gasteiger partial charge in [-0.1, -0.05) is 12.1 Å². The molecule has 2 aromatic carbocycles. The quantitative estimate of drug-likeness (QED) is 0.319. The Kier molecular flexibility index (Phi) is 6.63. The van der Waals surface area contributed by atoms with Crippen LogP contribution in [0.1, 0.15) is 36.6 Å². The molecule has 3 aromatic rings. The number of amides is 1. The molecular weight excluding hydrogens is 432 g/mol. The molecular formula is C27H26N2O5. The molecule has 0 saturated carbocycles. The van der Waals surface area contributed by atoms with Crippen LogP contribution in [-0.2, 0) is 16.1 Å². The van der Waals surface area contributed by atoms with Crippen LogP contribution in [0.15, 0.2) is 78.6 Å². The summed E-state index contributed by atoms with van der Waals surface area (Å²) >= 11 is 0. The minimum Gasteiger partial charge on any atom is -0.507 e. The van der Waals surface area contributed by atoms with Crippen molar-refractivity contribution in [1.29, 1.82) is 0 Å². The number of carbonyl (C=O) groups excluding carboxylic acids is 2. The highest BCUT2D eigenvalue weighted by Gasteiger charge is 2.46. The maximum atomic E-state index is 13.1. The third-order valence-corrected chi connectivity index (χ3v) is 5.57.